The summed E-state index contributed by atoms with van der Waals surface area (Å²) in [6.45, 7) is 3.56. The van der Waals surface area contributed by atoms with Crippen LogP contribution in [0.3, 0.4) is 0 Å². The molecule has 0 spiro atoms. The molecule has 0 aliphatic heterocycles. The molecule has 0 bridgehead atoms. The Hall–Kier alpha value is -1.76. The van der Waals surface area contributed by atoms with Crippen LogP contribution in [0.5, 0.6) is 0 Å². The van der Waals surface area contributed by atoms with Gasteiger partial charge in [0.2, 0.25) is 0 Å². The molecule has 264 valence electrons. The summed E-state index contributed by atoms with van der Waals surface area (Å²) in [5, 5.41) is 12.0. The van der Waals surface area contributed by atoms with Crippen molar-refractivity contribution >= 4 is 34.0 Å². The van der Waals surface area contributed by atoms with Crippen molar-refractivity contribution < 1.29 is 47.7 Å². The molecule has 48 heavy (non-hydrogen) atoms. The van der Waals surface area contributed by atoms with Crippen LogP contribution in [0, 0.1) is 58.3 Å². The van der Waals surface area contributed by atoms with Crippen molar-refractivity contribution in [2.45, 2.75) is 63.3 Å². The summed E-state index contributed by atoms with van der Waals surface area (Å²) >= 11 is 0. The number of alkyl halides is 3. The largest absolute Gasteiger partial charge is 2.00 e. The predicted molar refractivity (Wildman–Crippen MR) is 189 cm³/mol. The van der Waals surface area contributed by atoms with Crippen LogP contribution in [0.2, 0.25) is 0 Å². The molecule has 0 unspecified atom stereocenters. The fourth-order valence-corrected chi connectivity index (χ4v) is 6.20. The maximum Gasteiger partial charge on any atom is 2.00 e. The number of rotatable bonds is 4. The Bertz CT molecular complexity index is 1080. The van der Waals surface area contributed by atoms with Crippen LogP contribution >= 0.6 is 7.92 Å². The molecule has 1 N–H and O–H groups in total. The van der Waals surface area contributed by atoms with Crippen LogP contribution in [-0.4, -0.2) is 30.2 Å². The average Bonchev–Trinajstić information content (AvgIpc) is 3.02. The Morgan fingerprint density at radius 3 is 0.917 bits per heavy atom. The number of hydrogen-bond donors (Lipinski definition) is 1. The quantitative estimate of drug-likeness (QED) is 0.0957. The summed E-state index contributed by atoms with van der Waals surface area (Å²) in [6, 6.07) is 32.3. The number of aliphatic hydroxyl groups excluding tert-OH is 1. The number of halogens is 3. The van der Waals surface area contributed by atoms with E-state index in [1.54, 1.807) is 0 Å². The molecule has 2 fully saturated rings. The van der Waals surface area contributed by atoms with Gasteiger partial charge in [-0.1, -0.05) is 91.0 Å². The van der Waals surface area contributed by atoms with Crippen LogP contribution in [0.15, 0.2) is 91.0 Å². The van der Waals surface area contributed by atoms with E-state index in [9.17, 15) is 13.2 Å². The minimum Gasteiger partial charge on any atom is -0.741 e. The molecule has 0 heterocycles. The number of aliphatic hydroxyl groups is 1. The SMILES string of the molecule is O=S(=O)([O-])C(F)(F)F.[CH2-]CCO.[CH]1[CH]CC[CH][CH]CC1.[CH]1[CH]CC[CH][CH]CC1.[Ni+2].c1ccc(P(c2ccccc2)c2ccccc2)cc1. The van der Waals surface area contributed by atoms with Gasteiger partial charge in [-0.15, -0.1) is 0 Å². The van der Waals surface area contributed by atoms with Gasteiger partial charge in [0.25, 0.3) is 0 Å². The normalized spacial score (nSPS) is 15.1. The molecule has 2 saturated carbocycles. The topological polar surface area (TPSA) is 77.4 Å². The molecule has 0 aromatic heterocycles. The molecule has 8 radical (unpaired) electrons. The Kier molecular flexibility index (Phi) is 28.0. The minimum atomic E-state index is -6.09. The van der Waals surface area contributed by atoms with Gasteiger partial charge < -0.3 is 16.6 Å². The molecule has 0 amide bonds. The van der Waals surface area contributed by atoms with E-state index in [0.717, 1.165) is 0 Å². The van der Waals surface area contributed by atoms with E-state index in [0.29, 0.717) is 6.42 Å². The third-order valence-corrected chi connectivity index (χ3v) is 9.16. The number of hydrogen-bond acceptors (Lipinski definition) is 4. The first-order valence-corrected chi connectivity index (χ1v) is 18.3. The first-order chi connectivity index (χ1) is 22.6. The fourth-order valence-electron chi connectivity index (χ4n) is 3.89. The second-order valence-electron chi connectivity index (χ2n) is 10.0. The summed E-state index contributed by atoms with van der Waals surface area (Å²) < 4.78 is 58.9. The molecule has 2 aliphatic carbocycles. The van der Waals surface area contributed by atoms with E-state index in [1.807, 2.05) is 0 Å². The van der Waals surface area contributed by atoms with E-state index in [2.05, 4.69) is 149 Å². The van der Waals surface area contributed by atoms with Crippen LogP contribution < -0.4 is 15.9 Å². The van der Waals surface area contributed by atoms with Crippen LogP contribution in [-0.2, 0) is 26.6 Å². The smallest absolute Gasteiger partial charge is 0.741 e. The first-order valence-electron chi connectivity index (χ1n) is 15.6. The predicted octanol–water partition coefficient (Wildman–Crippen LogP) is 8.45. The van der Waals surface area contributed by atoms with Gasteiger partial charge >= 0.3 is 22.0 Å². The summed E-state index contributed by atoms with van der Waals surface area (Å²) in [4.78, 5) is 0. The van der Waals surface area contributed by atoms with Gasteiger partial charge in [-0.25, -0.2) is 8.42 Å². The maximum atomic E-state index is 10.7. The van der Waals surface area contributed by atoms with Crippen molar-refractivity contribution in [3.63, 3.8) is 0 Å². The van der Waals surface area contributed by atoms with Crippen molar-refractivity contribution in [3.8, 4) is 0 Å². The number of benzene rings is 3. The molecule has 4 nitrogen and oxygen atoms in total. The van der Waals surface area contributed by atoms with Gasteiger partial charge in [0.15, 0.2) is 10.1 Å². The molecule has 0 saturated heterocycles. The van der Waals surface area contributed by atoms with Crippen LogP contribution in [0.1, 0.15) is 57.8 Å². The van der Waals surface area contributed by atoms with Gasteiger partial charge in [0.05, 0.1) is 0 Å². The van der Waals surface area contributed by atoms with Crippen LogP contribution in [0.25, 0.3) is 0 Å². The van der Waals surface area contributed by atoms with Crippen molar-refractivity contribution in [1.29, 1.82) is 0 Å². The standard InChI is InChI=1S/C18H15P.2C8H12.C3H7O.CHF3O3S.Ni/c1-4-10-16(11-5-1)19(17-12-6-2-7-13-17)18-14-8-3-9-15-18;2*1-2-4-6-8-7-5-3-1;1-2-3-4;2-1(3,4)8(5,6)7;/h1-15H;2*1-2,7-8H,3-6H2;4H,1-3H2;(H,5,6,7);/q;;;-1;;+2/p-1. The van der Waals surface area contributed by atoms with Gasteiger partial charge in [-0.2, -0.15) is 19.6 Å². The van der Waals surface area contributed by atoms with Gasteiger partial charge in [-0.05, 0) is 127 Å². The average molecular weight is 746 g/mol. The summed E-state index contributed by atoms with van der Waals surface area (Å²) in [7, 11) is -6.54. The molecule has 5 rings (SSSR count). The maximum absolute atomic E-state index is 10.7. The van der Waals surface area contributed by atoms with Crippen molar-refractivity contribution in [3.05, 3.63) is 149 Å². The zero-order chi connectivity index (χ0) is 34.6. The van der Waals surface area contributed by atoms with E-state index in [4.69, 9.17) is 18.1 Å². The molecule has 2 aliphatic rings. The summed E-state index contributed by atoms with van der Waals surface area (Å²) in [5.74, 6) is 0. The Labute approximate surface area is 299 Å². The minimum absolute atomic E-state index is 0. The molecule has 0 atom stereocenters. The molecular formula is C38H46F3NiO4PS. The van der Waals surface area contributed by atoms with Crippen molar-refractivity contribution in [2.75, 3.05) is 6.61 Å². The summed E-state index contributed by atoms with van der Waals surface area (Å²) in [5.41, 5.74) is -5.65. The first kappa shape index (κ1) is 46.2. The molecule has 3 aromatic rings. The van der Waals surface area contributed by atoms with E-state index >= 15 is 0 Å². The van der Waals surface area contributed by atoms with E-state index in [1.165, 1.54) is 67.3 Å². The second-order valence-corrected chi connectivity index (χ2v) is 13.6. The van der Waals surface area contributed by atoms with E-state index in [-0.39, 0.29) is 23.1 Å². The van der Waals surface area contributed by atoms with Gasteiger partial charge in [-0.3, -0.25) is 0 Å². The van der Waals surface area contributed by atoms with E-state index < -0.39 is 23.5 Å². The Morgan fingerprint density at radius 1 is 0.583 bits per heavy atom. The fraction of sp³-hybridized carbons (Fsp3) is 0.289. The van der Waals surface area contributed by atoms with Gasteiger partial charge in [0.1, 0.15) is 0 Å². The van der Waals surface area contributed by atoms with Crippen molar-refractivity contribution in [1.82, 2.24) is 0 Å². The molecule has 3 aromatic carbocycles. The zero-order valence-electron chi connectivity index (χ0n) is 27.0. The zero-order valence-corrected chi connectivity index (χ0v) is 29.7. The third-order valence-electron chi connectivity index (χ3n) is 6.15. The monoisotopic (exact) mass is 744 g/mol. The van der Waals surface area contributed by atoms with Crippen molar-refractivity contribution in [2.24, 2.45) is 0 Å². The molecule has 10 heteroatoms. The Morgan fingerprint density at radius 2 is 0.771 bits per heavy atom. The molecular weight excluding hydrogens is 699 g/mol. The summed E-state index contributed by atoms with van der Waals surface area (Å²) in [6.07, 6.45) is 28.6. The van der Waals surface area contributed by atoms with Crippen LogP contribution in [0.4, 0.5) is 13.2 Å². The Balaban J connectivity index is 0.000000643. The second kappa shape index (κ2) is 29.0. The third kappa shape index (κ3) is 22.8. The van der Waals surface area contributed by atoms with Gasteiger partial charge in [0, 0.05) is 6.61 Å².